The van der Waals surface area contributed by atoms with Crippen molar-refractivity contribution in [2.24, 2.45) is 0 Å². The Labute approximate surface area is 155 Å². The maximum Gasteiger partial charge on any atom is 0.435 e. The Morgan fingerprint density at radius 3 is 2.74 bits per heavy atom. The minimum Gasteiger partial charge on any atom is -0.493 e. The Balaban J connectivity index is 1.69. The lowest BCUT2D eigenvalue weighted by molar-refractivity contribution is -0.142. The molecule has 0 saturated carbocycles. The van der Waals surface area contributed by atoms with Crippen molar-refractivity contribution in [3.05, 3.63) is 46.8 Å². The summed E-state index contributed by atoms with van der Waals surface area (Å²) in [4.78, 5) is 12.4. The summed E-state index contributed by atoms with van der Waals surface area (Å²) in [6.45, 7) is 2.64. The largest absolute Gasteiger partial charge is 0.493 e. The van der Waals surface area contributed by atoms with Gasteiger partial charge in [0.05, 0.1) is 18.7 Å². The molecule has 1 aromatic carbocycles. The van der Waals surface area contributed by atoms with Crippen molar-refractivity contribution in [1.82, 2.24) is 15.1 Å². The predicted octanol–water partition coefficient (Wildman–Crippen LogP) is 3.61. The van der Waals surface area contributed by atoms with E-state index in [-0.39, 0.29) is 19.0 Å². The summed E-state index contributed by atoms with van der Waals surface area (Å²) < 4.78 is 46.5. The molecule has 1 aromatic heterocycles. The number of fused-ring (bicyclic) bond motifs is 1. The van der Waals surface area contributed by atoms with Gasteiger partial charge in [-0.05, 0) is 44.7 Å². The minimum absolute atomic E-state index is 0.185. The zero-order valence-electron chi connectivity index (χ0n) is 15.1. The van der Waals surface area contributed by atoms with E-state index >= 15 is 0 Å². The fourth-order valence-electron chi connectivity index (χ4n) is 3.39. The molecule has 0 unspecified atom stereocenters. The number of amides is 1. The average Bonchev–Trinajstić information content (AvgIpc) is 3.02. The predicted molar refractivity (Wildman–Crippen MR) is 93.8 cm³/mol. The van der Waals surface area contributed by atoms with Crippen LogP contribution in [0.15, 0.2) is 24.3 Å². The van der Waals surface area contributed by atoms with Gasteiger partial charge in [-0.3, -0.25) is 9.48 Å². The number of nitrogens with zero attached hydrogens (tertiary/aromatic N) is 2. The lowest BCUT2D eigenvalue weighted by Crippen LogP contribution is -2.28. The van der Waals surface area contributed by atoms with Crippen LogP contribution in [0.1, 0.15) is 47.1 Å². The van der Waals surface area contributed by atoms with E-state index in [9.17, 15) is 18.0 Å². The van der Waals surface area contributed by atoms with Crippen molar-refractivity contribution < 1.29 is 22.7 Å². The van der Waals surface area contributed by atoms with Crippen molar-refractivity contribution in [2.45, 2.75) is 45.3 Å². The number of rotatable bonds is 6. The van der Waals surface area contributed by atoms with Gasteiger partial charge in [0.15, 0.2) is 5.69 Å². The maximum absolute atomic E-state index is 13.2. The second-order valence-electron chi connectivity index (χ2n) is 6.39. The molecule has 2 aromatic rings. The van der Waals surface area contributed by atoms with Crippen LogP contribution < -0.4 is 10.1 Å². The monoisotopic (exact) mass is 381 g/mol. The van der Waals surface area contributed by atoms with Crippen LogP contribution in [0.3, 0.4) is 0 Å². The van der Waals surface area contributed by atoms with Gasteiger partial charge in [0.1, 0.15) is 5.75 Å². The van der Waals surface area contributed by atoms with E-state index in [1.165, 1.54) is 4.68 Å². The number of benzene rings is 1. The Morgan fingerprint density at radius 2 is 2.00 bits per heavy atom. The number of alkyl halides is 3. The van der Waals surface area contributed by atoms with E-state index in [1.54, 1.807) is 24.3 Å². The van der Waals surface area contributed by atoms with Gasteiger partial charge >= 0.3 is 6.18 Å². The molecule has 0 saturated heterocycles. The third kappa shape index (κ3) is 4.26. The maximum atomic E-state index is 13.2. The number of para-hydroxylation sites is 1. The summed E-state index contributed by atoms with van der Waals surface area (Å²) in [5.74, 6) is 0.157. The standard InChI is InChI=1S/C19H22F3N3O2/c1-2-27-16-10-6-4-8-14(16)18(26)23-11-12-25-15-9-5-3-7-13(15)17(24-25)19(20,21)22/h4,6,8,10H,2-3,5,7,9,11-12H2,1H3,(H,23,26). The van der Waals surface area contributed by atoms with Crippen molar-refractivity contribution >= 4 is 5.91 Å². The highest BCUT2D eigenvalue weighted by Crippen LogP contribution is 2.35. The highest BCUT2D eigenvalue weighted by Gasteiger charge is 2.39. The van der Waals surface area contributed by atoms with Crippen LogP contribution in [0.4, 0.5) is 13.2 Å². The van der Waals surface area contributed by atoms with E-state index in [0.29, 0.717) is 42.0 Å². The van der Waals surface area contributed by atoms with Crippen LogP contribution in [-0.4, -0.2) is 28.8 Å². The Bertz CT molecular complexity index is 815. The zero-order chi connectivity index (χ0) is 19.4. The van der Waals surface area contributed by atoms with Crippen LogP contribution in [0.2, 0.25) is 0 Å². The third-order valence-electron chi connectivity index (χ3n) is 4.57. The van der Waals surface area contributed by atoms with Gasteiger partial charge in [-0.2, -0.15) is 18.3 Å². The first kappa shape index (κ1) is 19.3. The number of hydrogen-bond donors (Lipinski definition) is 1. The molecule has 3 rings (SSSR count). The van der Waals surface area contributed by atoms with Gasteiger partial charge in [-0.25, -0.2) is 0 Å². The molecule has 0 radical (unpaired) electrons. The van der Waals surface area contributed by atoms with Crippen molar-refractivity contribution in [1.29, 1.82) is 0 Å². The summed E-state index contributed by atoms with van der Waals surface area (Å²) >= 11 is 0. The van der Waals surface area contributed by atoms with Crippen LogP contribution in [0.25, 0.3) is 0 Å². The lowest BCUT2D eigenvalue weighted by Gasteiger charge is -2.15. The van der Waals surface area contributed by atoms with Crippen LogP contribution >= 0.6 is 0 Å². The highest BCUT2D eigenvalue weighted by molar-refractivity contribution is 5.96. The molecule has 8 heteroatoms. The highest BCUT2D eigenvalue weighted by atomic mass is 19.4. The van der Waals surface area contributed by atoms with E-state index in [1.807, 2.05) is 6.92 Å². The summed E-state index contributed by atoms with van der Waals surface area (Å²) in [5.41, 5.74) is 0.558. The first-order valence-corrected chi connectivity index (χ1v) is 9.07. The van der Waals surface area contributed by atoms with Crippen molar-refractivity contribution in [3.63, 3.8) is 0 Å². The molecule has 1 aliphatic carbocycles. The molecule has 5 nitrogen and oxygen atoms in total. The number of aromatic nitrogens is 2. The molecule has 27 heavy (non-hydrogen) atoms. The molecule has 1 amide bonds. The first-order valence-electron chi connectivity index (χ1n) is 9.07. The van der Waals surface area contributed by atoms with Crippen LogP contribution in [0.5, 0.6) is 5.75 Å². The second-order valence-corrected chi connectivity index (χ2v) is 6.39. The van der Waals surface area contributed by atoms with Gasteiger partial charge in [-0.1, -0.05) is 12.1 Å². The SMILES string of the molecule is CCOc1ccccc1C(=O)NCCn1nc(C(F)(F)F)c2c1CCCC2. The van der Waals surface area contributed by atoms with Crippen molar-refractivity contribution in [2.75, 3.05) is 13.2 Å². The molecular weight excluding hydrogens is 359 g/mol. The molecular formula is C19H22F3N3O2. The summed E-state index contributed by atoms with van der Waals surface area (Å²) in [6, 6.07) is 6.86. The number of carbonyl (C=O) groups excluding carboxylic acids is 1. The van der Waals surface area contributed by atoms with Crippen LogP contribution in [-0.2, 0) is 25.6 Å². The third-order valence-corrected chi connectivity index (χ3v) is 4.57. The molecule has 0 aliphatic heterocycles. The van der Waals surface area contributed by atoms with Gasteiger partial charge in [-0.15, -0.1) is 0 Å². The lowest BCUT2D eigenvalue weighted by atomic mass is 9.95. The molecule has 1 heterocycles. The normalized spacial score (nSPS) is 13.9. The molecule has 1 aliphatic rings. The average molecular weight is 381 g/mol. The fourth-order valence-corrected chi connectivity index (χ4v) is 3.39. The minimum atomic E-state index is -4.45. The number of halogens is 3. The van der Waals surface area contributed by atoms with E-state index in [4.69, 9.17) is 4.74 Å². The summed E-state index contributed by atoms with van der Waals surface area (Å²) in [6.07, 6.45) is -1.87. The topological polar surface area (TPSA) is 56.1 Å². The van der Waals surface area contributed by atoms with Gasteiger partial charge < -0.3 is 10.1 Å². The van der Waals surface area contributed by atoms with E-state index in [2.05, 4.69) is 10.4 Å². The Hall–Kier alpha value is -2.51. The van der Waals surface area contributed by atoms with Crippen molar-refractivity contribution in [3.8, 4) is 5.75 Å². The van der Waals surface area contributed by atoms with Gasteiger partial charge in [0.2, 0.25) is 0 Å². The molecule has 0 bridgehead atoms. The molecule has 146 valence electrons. The molecule has 1 N–H and O–H groups in total. The first-order chi connectivity index (χ1) is 12.9. The molecule has 0 spiro atoms. The van der Waals surface area contributed by atoms with E-state index < -0.39 is 11.9 Å². The summed E-state index contributed by atoms with van der Waals surface area (Å²) in [7, 11) is 0. The number of nitrogens with one attached hydrogen (secondary N) is 1. The Morgan fingerprint density at radius 1 is 1.26 bits per heavy atom. The summed E-state index contributed by atoms with van der Waals surface area (Å²) in [5, 5.41) is 6.54. The second kappa shape index (κ2) is 8.02. The number of hydrogen-bond acceptors (Lipinski definition) is 3. The van der Waals surface area contributed by atoms with Gasteiger partial charge in [0.25, 0.3) is 5.91 Å². The smallest absolute Gasteiger partial charge is 0.435 e. The molecule has 0 fully saturated rings. The number of ether oxygens (including phenoxy) is 1. The fraction of sp³-hybridized carbons (Fsp3) is 0.474. The van der Waals surface area contributed by atoms with Gasteiger partial charge in [0, 0.05) is 17.8 Å². The van der Waals surface area contributed by atoms with Crippen LogP contribution in [0, 0.1) is 0 Å². The number of carbonyl (C=O) groups is 1. The Kier molecular flexibility index (Phi) is 5.72. The van der Waals surface area contributed by atoms with E-state index in [0.717, 1.165) is 12.8 Å². The quantitative estimate of drug-likeness (QED) is 0.832. The zero-order valence-corrected chi connectivity index (χ0v) is 15.1. The molecule has 0 atom stereocenters.